The van der Waals surface area contributed by atoms with Crippen LogP contribution in [0.1, 0.15) is 21.7 Å². The molecule has 3 aromatic rings. The van der Waals surface area contributed by atoms with Crippen molar-refractivity contribution in [3.63, 3.8) is 0 Å². The second-order valence-corrected chi connectivity index (χ2v) is 5.95. The summed E-state index contributed by atoms with van der Waals surface area (Å²) in [4.78, 5) is 24.1. The van der Waals surface area contributed by atoms with Gasteiger partial charge in [0.1, 0.15) is 5.58 Å². The van der Waals surface area contributed by atoms with Crippen LogP contribution < -0.4 is 5.32 Å². The quantitative estimate of drug-likeness (QED) is 0.701. The average molecular weight is 369 g/mol. The van der Waals surface area contributed by atoms with Crippen molar-refractivity contribution in [1.29, 1.82) is 5.26 Å². The maximum Gasteiger partial charge on any atom is 0.375 e. The Bertz CT molecular complexity index is 1030. The number of nitrogens with one attached hydrogen (secondary N) is 1. The molecule has 0 saturated heterocycles. The number of nitriles is 1. The van der Waals surface area contributed by atoms with Crippen molar-refractivity contribution in [2.75, 3.05) is 11.9 Å². The van der Waals surface area contributed by atoms with Crippen molar-refractivity contribution in [2.45, 2.75) is 6.92 Å². The molecule has 7 heteroatoms. The molecule has 1 amide bonds. The minimum absolute atomic E-state index is 0.0356. The van der Waals surface area contributed by atoms with Crippen molar-refractivity contribution in [2.24, 2.45) is 0 Å². The lowest BCUT2D eigenvalue weighted by atomic mass is 10.1. The van der Waals surface area contributed by atoms with Crippen LogP contribution >= 0.6 is 11.6 Å². The molecule has 0 saturated carbocycles. The zero-order valence-electron chi connectivity index (χ0n) is 13.7. The first-order valence-electron chi connectivity index (χ1n) is 7.63. The molecule has 2 aromatic carbocycles. The monoisotopic (exact) mass is 368 g/mol. The molecule has 0 atom stereocenters. The maximum atomic E-state index is 12.2. The van der Waals surface area contributed by atoms with Gasteiger partial charge in [0, 0.05) is 21.7 Å². The van der Waals surface area contributed by atoms with Gasteiger partial charge in [-0.3, -0.25) is 4.79 Å². The molecule has 130 valence electrons. The van der Waals surface area contributed by atoms with E-state index in [2.05, 4.69) is 5.32 Å². The molecular formula is C19H13ClN2O4. The normalized spacial score (nSPS) is 10.3. The van der Waals surface area contributed by atoms with Gasteiger partial charge in [-0.05, 0) is 49.4 Å². The van der Waals surface area contributed by atoms with Crippen molar-refractivity contribution in [1.82, 2.24) is 0 Å². The fourth-order valence-corrected chi connectivity index (χ4v) is 2.58. The van der Waals surface area contributed by atoms with Crippen LogP contribution in [0.2, 0.25) is 5.02 Å². The second-order valence-electron chi connectivity index (χ2n) is 5.51. The zero-order valence-corrected chi connectivity index (χ0v) is 14.5. The smallest absolute Gasteiger partial charge is 0.375 e. The van der Waals surface area contributed by atoms with Crippen molar-refractivity contribution < 1.29 is 18.7 Å². The van der Waals surface area contributed by atoms with E-state index in [1.165, 1.54) is 0 Å². The number of benzene rings is 2. The first kappa shape index (κ1) is 17.5. The number of amides is 1. The first-order valence-corrected chi connectivity index (χ1v) is 8.01. The number of carbonyl (C=O) groups is 2. The van der Waals surface area contributed by atoms with Crippen LogP contribution in [-0.4, -0.2) is 18.5 Å². The summed E-state index contributed by atoms with van der Waals surface area (Å²) in [6.07, 6.45) is 0. The molecule has 0 aliphatic heterocycles. The molecule has 0 bridgehead atoms. The molecule has 0 spiro atoms. The third-order valence-electron chi connectivity index (χ3n) is 3.72. The molecule has 0 unspecified atom stereocenters. The number of aryl methyl sites for hydroxylation is 1. The van der Waals surface area contributed by atoms with E-state index in [1.807, 2.05) is 6.07 Å². The van der Waals surface area contributed by atoms with Gasteiger partial charge in [0.25, 0.3) is 5.91 Å². The summed E-state index contributed by atoms with van der Waals surface area (Å²) in [5.41, 5.74) is 2.09. The van der Waals surface area contributed by atoms with Crippen LogP contribution in [0.5, 0.6) is 0 Å². The van der Waals surface area contributed by atoms with E-state index in [4.69, 9.17) is 26.0 Å². The van der Waals surface area contributed by atoms with Gasteiger partial charge in [-0.1, -0.05) is 11.6 Å². The Morgan fingerprint density at radius 3 is 2.65 bits per heavy atom. The number of hydrogen-bond donors (Lipinski definition) is 1. The summed E-state index contributed by atoms with van der Waals surface area (Å²) >= 11 is 5.95. The van der Waals surface area contributed by atoms with E-state index < -0.39 is 18.5 Å². The Labute approximate surface area is 153 Å². The number of halogens is 1. The fraction of sp³-hybridized carbons (Fsp3) is 0.105. The second kappa shape index (κ2) is 7.30. The fourth-order valence-electron chi connectivity index (χ4n) is 2.41. The van der Waals surface area contributed by atoms with Gasteiger partial charge in [0.05, 0.1) is 11.6 Å². The Hall–Kier alpha value is -3.30. The highest BCUT2D eigenvalue weighted by atomic mass is 35.5. The summed E-state index contributed by atoms with van der Waals surface area (Å²) in [5.74, 6) is -1.20. The van der Waals surface area contributed by atoms with Gasteiger partial charge >= 0.3 is 5.97 Å². The molecular weight excluding hydrogens is 356 g/mol. The molecule has 0 radical (unpaired) electrons. The number of esters is 1. The first-order chi connectivity index (χ1) is 12.5. The number of anilines is 1. The Kier molecular flexibility index (Phi) is 4.92. The number of nitrogens with zero attached hydrogens (tertiary/aromatic N) is 1. The minimum atomic E-state index is -0.732. The summed E-state index contributed by atoms with van der Waals surface area (Å²) in [6, 6.07) is 13.3. The van der Waals surface area contributed by atoms with Crippen LogP contribution in [0.3, 0.4) is 0 Å². The Balaban J connectivity index is 1.64. The molecule has 6 nitrogen and oxygen atoms in total. The van der Waals surface area contributed by atoms with E-state index in [1.54, 1.807) is 49.4 Å². The van der Waals surface area contributed by atoms with Gasteiger partial charge in [-0.15, -0.1) is 0 Å². The molecule has 3 rings (SSSR count). The van der Waals surface area contributed by atoms with E-state index in [-0.39, 0.29) is 5.76 Å². The van der Waals surface area contributed by atoms with Gasteiger partial charge in [0.2, 0.25) is 5.76 Å². The molecule has 1 heterocycles. The summed E-state index contributed by atoms with van der Waals surface area (Å²) < 4.78 is 10.5. The van der Waals surface area contributed by atoms with Gasteiger partial charge < -0.3 is 14.5 Å². The summed E-state index contributed by atoms with van der Waals surface area (Å²) in [6.45, 7) is 1.26. The molecule has 1 N–H and O–H groups in total. The van der Waals surface area contributed by atoms with E-state index in [0.29, 0.717) is 32.8 Å². The highest BCUT2D eigenvalue weighted by molar-refractivity contribution is 6.31. The SMILES string of the molecule is Cc1c(C(=O)OCC(=O)Nc2ccc(C#N)cc2)oc2ccc(Cl)cc12. The molecule has 0 aliphatic carbocycles. The summed E-state index contributed by atoms with van der Waals surface area (Å²) in [7, 11) is 0. The predicted molar refractivity (Wildman–Crippen MR) is 96.0 cm³/mol. The van der Waals surface area contributed by atoms with Crippen LogP contribution in [0.15, 0.2) is 46.9 Å². The zero-order chi connectivity index (χ0) is 18.7. The third-order valence-corrected chi connectivity index (χ3v) is 3.95. The Morgan fingerprint density at radius 2 is 1.96 bits per heavy atom. The number of ether oxygens (including phenoxy) is 1. The molecule has 0 fully saturated rings. The lowest BCUT2D eigenvalue weighted by Gasteiger charge is -2.06. The lowest BCUT2D eigenvalue weighted by molar-refractivity contribution is -0.119. The van der Waals surface area contributed by atoms with Crippen LogP contribution in [0.4, 0.5) is 5.69 Å². The van der Waals surface area contributed by atoms with Gasteiger partial charge in [-0.2, -0.15) is 5.26 Å². The van der Waals surface area contributed by atoms with Crippen LogP contribution in [-0.2, 0) is 9.53 Å². The standard InChI is InChI=1S/C19H13ClN2O4/c1-11-15-8-13(20)4-7-16(15)26-18(11)19(24)25-10-17(23)22-14-5-2-12(9-21)3-6-14/h2-8H,10H2,1H3,(H,22,23). The number of furan rings is 1. The van der Waals surface area contributed by atoms with E-state index in [0.717, 1.165) is 0 Å². The Morgan fingerprint density at radius 1 is 1.23 bits per heavy atom. The van der Waals surface area contributed by atoms with Crippen molar-refractivity contribution in [3.8, 4) is 6.07 Å². The highest BCUT2D eigenvalue weighted by Gasteiger charge is 2.20. The lowest BCUT2D eigenvalue weighted by Crippen LogP contribution is -2.21. The van der Waals surface area contributed by atoms with Gasteiger partial charge in [-0.25, -0.2) is 4.79 Å². The minimum Gasteiger partial charge on any atom is -0.450 e. The molecule has 0 aliphatic rings. The number of carbonyl (C=O) groups excluding carboxylic acids is 2. The van der Waals surface area contributed by atoms with Gasteiger partial charge in [0.15, 0.2) is 6.61 Å². The predicted octanol–water partition coefficient (Wildman–Crippen LogP) is 4.06. The number of hydrogen-bond acceptors (Lipinski definition) is 5. The van der Waals surface area contributed by atoms with Crippen LogP contribution in [0.25, 0.3) is 11.0 Å². The number of fused-ring (bicyclic) bond motifs is 1. The van der Waals surface area contributed by atoms with Crippen molar-refractivity contribution in [3.05, 3.63) is 64.4 Å². The van der Waals surface area contributed by atoms with E-state index >= 15 is 0 Å². The van der Waals surface area contributed by atoms with E-state index in [9.17, 15) is 9.59 Å². The van der Waals surface area contributed by atoms with Crippen LogP contribution in [0, 0.1) is 18.3 Å². The largest absolute Gasteiger partial charge is 0.450 e. The van der Waals surface area contributed by atoms with Crippen molar-refractivity contribution >= 4 is 40.1 Å². The maximum absolute atomic E-state index is 12.2. The average Bonchev–Trinajstić information content (AvgIpc) is 2.97. The molecule has 26 heavy (non-hydrogen) atoms. The summed E-state index contributed by atoms with van der Waals surface area (Å²) in [5, 5.41) is 12.6. The topological polar surface area (TPSA) is 92.3 Å². The number of rotatable bonds is 4. The molecule has 1 aromatic heterocycles. The third kappa shape index (κ3) is 3.68. The highest BCUT2D eigenvalue weighted by Crippen LogP contribution is 2.28.